The molecule has 0 saturated carbocycles. The van der Waals surface area contributed by atoms with Crippen LogP contribution in [-0.4, -0.2) is 35.7 Å². The minimum absolute atomic E-state index is 0.0855. The van der Waals surface area contributed by atoms with Crippen LogP contribution in [0.5, 0.6) is 0 Å². The van der Waals surface area contributed by atoms with Crippen molar-refractivity contribution in [2.75, 3.05) is 0 Å². The quantitative estimate of drug-likeness (QED) is 0.635. The second kappa shape index (κ2) is 4.72. The van der Waals surface area contributed by atoms with Gasteiger partial charge in [0.25, 0.3) is 5.69 Å². The van der Waals surface area contributed by atoms with E-state index in [1.165, 1.54) is 6.07 Å². The number of carboxylic acid groups (broad SMARTS) is 1. The number of carboxylic acids is 1. The molecule has 0 aliphatic heterocycles. The van der Waals surface area contributed by atoms with Gasteiger partial charge in [0.2, 0.25) is 6.33 Å². The molecule has 20 heavy (non-hydrogen) atoms. The third kappa shape index (κ3) is 2.27. The molecule has 0 aliphatic rings. The Kier molecular flexibility index (Phi) is 3.08. The molecule has 1 N–H and O–H groups in total. The number of nitrogens with zero attached hydrogens (tertiary/aromatic N) is 5. The van der Waals surface area contributed by atoms with Gasteiger partial charge in [-0.05, 0) is 17.1 Å². The fraction of sp³-hybridized carbons (Fsp3) is 0. The van der Waals surface area contributed by atoms with E-state index in [4.69, 9.17) is 5.11 Å². The highest BCUT2D eigenvalue weighted by atomic mass is 16.6. The largest absolute Gasteiger partial charge is 0.491 e. The van der Waals surface area contributed by atoms with Crippen molar-refractivity contribution in [3.8, 4) is 5.69 Å². The topological polar surface area (TPSA) is 154 Å². The third-order valence-corrected chi connectivity index (χ3v) is 2.32. The van der Waals surface area contributed by atoms with E-state index in [1.807, 2.05) is 0 Å². The smallest absolute Gasteiger partial charge is 0.477 e. The van der Waals surface area contributed by atoms with Crippen LogP contribution in [-0.2, 0) is 0 Å². The molecule has 0 radical (unpaired) electrons. The number of hydrogen-bond acceptors (Lipinski definition) is 7. The lowest BCUT2D eigenvalue weighted by Gasteiger charge is -2.00. The second-order valence-electron chi connectivity index (χ2n) is 3.51. The first-order chi connectivity index (χ1) is 9.40. The summed E-state index contributed by atoms with van der Waals surface area (Å²) in [6.07, 6.45) is 0.998. The lowest BCUT2D eigenvalue weighted by Crippen LogP contribution is -2.05. The van der Waals surface area contributed by atoms with Crippen LogP contribution in [0.15, 0.2) is 24.5 Å². The number of aromatic carboxylic acids is 1. The maximum Gasteiger partial charge on any atom is 0.491 e. The van der Waals surface area contributed by atoms with Crippen molar-refractivity contribution in [1.29, 1.82) is 0 Å². The maximum absolute atomic E-state index is 10.8. The normalized spacial score (nSPS) is 10.2. The summed E-state index contributed by atoms with van der Waals surface area (Å²) in [7, 11) is 0. The molecule has 2 rings (SSSR count). The Hall–Kier alpha value is -3.37. The fourth-order valence-corrected chi connectivity index (χ4v) is 1.46. The van der Waals surface area contributed by atoms with Crippen molar-refractivity contribution in [2.45, 2.75) is 0 Å². The molecule has 0 atom stereocenters. The van der Waals surface area contributed by atoms with E-state index < -0.39 is 33.0 Å². The lowest BCUT2D eigenvalue weighted by molar-refractivity contribution is -0.394. The number of aromatic nitrogens is 3. The van der Waals surface area contributed by atoms with E-state index in [-0.39, 0.29) is 5.69 Å². The van der Waals surface area contributed by atoms with Crippen LogP contribution < -0.4 is 0 Å². The SMILES string of the molecule is O=C(O)c1ccc(-n2cnc([N+](=O)[O-])n2)cc1[N+](=O)[O-]. The van der Waals surface area contributed by atoms with Crippen LogP contribution >= 0.6 is 0 Å². The van der Waals surface area contributed by atoms with E-state index in [0.717, 1.165) is 23.1 Å². The van der Waals surface area contributed by atoms with Gasteiger partial charge in [-0.25, -0.2) is 4.79 Å². The number of hydrogen-bond donors (Lipinski definition) is 1. The average molecular weight is 279 g/mol. The molecule has 1 aromatic heterocycles. The Labute approximate surface area is 109 Å². The average Bonchev–Trinajstić information content (AvgIpc) is 2.87. The number of rotatable bonds is 4. The predicted molar refractivity (Wildman–Crippen MR) is 61.6 cm³/mol. The highest BCUT2D eigenvalue weighted by molar-refractivity contribution is 5.92. The molecule has 1 aromatic carbocycles. The summed E-state index contributed by atoms with van der Waals surface area (Å²) < 4.78 is 0.941. The molecule has 11 heteroatoms. The van der Waals surface area contributed by atoms with E-state index in [0.29, 0.717) is 0 Å². The standard InChI is InChI=1S/C9H5N5O6/c15-8(16)6-2-1-5(3-7(6)13(17)18)12-4-10-9(11-12)14(19)20/h1-4H,(H,15,16). The first kappa shape index (κ1) is 13.1. The molecular formula is C9H5N5O6. The summed E-state index contributed by atoms with van der Waals surface area (Å²) in [5.41, 5.74) is -1.05. The van der Waals surface area contributed by atoms with Gasteiger partial charge in [0.15, 0.2) is 0 Å². The van der Waals surface area contributed by atoms with Crippen LogP contribution in [0, 0.1) is 20.2 Å². The van der Waals surface area contributed by atoms with Crippen LogP contribution in [0.4, 0.5) is 11.6 Å². The van der Waals surface area contributed by atoms with Crippen molar-refractivity contribution in [2.24, 2.45) is 0 Å². The molecule has 0 bridgehead atoms. The molecule has 0 amide bonds. The Morgan fingerprint density at radius 3 is 2.45 bits per heavy atom. The van der Waals surface area contributed by atoms with Crippen LogP contribution in [0.3, 0.4) is 0 Å². The first-order valence-electron chi connectivity index (χ1n) is 4.98. The van der Waals surface area contributed by atoms with E-state index >= 15 is 0 Å². The highest BCUT2D eigenvalue weighted by Crippen LogP contribution is 2.22. The molecule has 0 unspecified atom stereocenters. The number of benzene rings is 1. The van der Waals surface area contributed by atoms with Gasteiger partial charge in [0.1, 0.15) is 5.56 Å². The van der Waals surface area contributed by atoms with Gasteiger partial charge >= 0.3 is 11.9 Å². The van der Waals surface area contributed by atoms with Gasteiger partial charge in [-0.15, -0.1) is 4.68 Å². The molecule has 0 fully saturated rings. The highest BCUT2D eigenvalue weighted by Gasteiger charge is 2.22. The van der Waals surface area contributed by atoms with Crippen molar-refractivity contribution < 1.29 is 19.7 Å². The first-order valence-corrected chi connectivity index (χ1v) is 4.98. The number of nitro benzene ring substituents is 1. The summed E-state index contributed by atoms with van der Waals surface area (Å²) in [6, 6.07) is 3.19. The maximum atomic E-state index is 10.8. The summed E-state index contributed by atoms with van der Waals surface area (Å²) in [6.45, 7) is 0. The molecule has 11 nitrogen and oxygen atoms in total. The van der Waals surface area contributed by atoms with E-state index in [1.54, 1.807) is 0 Å². The Balaban J connectivity index is 2.52. The molecule has 0 aliphatic carbocycles. The minimum atomic E-state index is -1.45. The number of nitro groups is 2. The lowest BCUT2D eigenvalue weighted by atomic mass is 10.1. The van der Waals surface area contributed by atoms with Crippen LogP contribution in [0.1, 0.15) is 10.4 Å². The van der Waals surface area contributed by atoms with Crippen molar-refractivity contribution in [1.82, 2.24) is 14.8 Å². The van der Waals surface area contributed by atoms with Crippen LogP contribution in [0.2, 0.25) is 0 Å². The summed E-state index contributed by atoms with van der Waals surface area (Å²) >= 11 is 0. The van der Waals surface area contributed by atoms with E-state index in [9.17, 15) is 25.0 Å². The van der Waals surface area contributed by atoms with Gasteiger partial charge < -0.3 is 15.2 Å². The van der Waals surface area contributed by atoms with Gasteiger partial charge in [-0.2, -0.15) is 0 Å². The van der Waals surface area contributed by atoms with Crippen molar-refractivity contribution >= 4 is 17.6 Å². The molecule has 0 spiro atoms. The fourth-order valence-electron chi connectivity index (χ4n) is 1.46. The zero-order chi connectivity index (χ0) is 14.9. The van der Waals surface area contributed by atoms with Gasteiger partial charge in [-0.3, -0.25) is 10.1 Å². The summed E-state index contributed by atoms with van der Waals surface area (Å²) in [5.74, 6) is -2.12. The third-order valence-electron chi connectivity index (χ3n) is 2.32. The van der Waals surface area contributed by atoms with Gasteiger partial charge in [0.05, 0.1) is 10.6 Å². The van der Waals surface area contributed by atoms with Gasteiger partial charge in [-0.1, -0.05) is 4.98 Å². The molecule has 2 aromatic rings. The zero-order valence-electron chi connectivity index (χ0n) is 9.53. The van der Waals surface area contributed by atoms with Crippen LogP contribution in [0.25, 0.3) is 5.69 Å². The monoisotopic (exact) mass is 279 g/mol. The van der Waals surface area contributed by atoms with Crippen molar-refractivity contribution in [3.05, 3.63) is 50.3 Å². The minimum Gasteiger partial charge on any atom is -0.477 e. The Bertz CT molecular complexity index is 723. The molecule has 1 heterocycles. The van der Waals surface area contributed by atoms with Gasteiger partial charge in [0, 0.05) is 11.2 Å². The Morgan fingerprint density at radius 2 is 1.95 bits per heavy atom. The van der Waals surface area contributed by atoms with E-state index in [2.05, 4.69) is 10.1 Å². The number of carbonyl (C=O) groups is 1. The summed E-state index contributed by atoms with van der Waals surface area (Å²) in [4.78, 5) is 33.8. The second-order valence-corrected chi connectivity index (χ2v) is 3.51. The zero-order valence-corrected chi connectivity index (χ0v) is 9.53. The summed E-state index contributed by atoms with van der Waals surface area (Å²) in [5, 5.41) is 33.6. The molecule has 102 valence electrons. The molecule has 0 saturated heterocycles. The van der Waals surface area contributed by atoms with Crippen molar-refractivity contribution in [3.63, 3.8) is 0 Å². The Morgan fingerprint density at radius 1 is 1.25 bits per heavy atom. The predicted octanol–water partition coefficient (Wildman–Crippen LogP) is 0.782. The molecular weight excluding hydrogens is 274 g/mol.